The summed E-state index contributed by atoms with van der Waals surface area (Å²) < 4.78 is 39.1. The number of nitrogens with two attached hydrogens (primary N) is 1. The molecule has 6 nitrogen and oxygen atoms in total. The first-order chi connectivity index (χ1) is 10.4. The minimum atomic E-state index is -4.53. The van der Waals surface area contributed by atoms with E-state index in [4.69, 9.17) is 5.84 Å². The van der Waals surface area contributed by atoms with E-state index in [1.54, 1.807) is 0 Å². The quantitative estimate of drug-likeness (QED) is 0.581. The molecule has 0 radical (unpaired) electrons. The highest BCUT2D eigenvalue weighted by molar-refractivity contribution is 7.99. The van der Waals surface area contributed by atoms with E-state index in [2.05, 4.69) is 20.2 Å². The molecule has 0 saturated carbocycles. The van der Waals surface area contributed by atoms with Crippen LogP contribution in [0.3, 0.4) is 0 Å². The van der Waals surface area contributed by atoms with E-state index in [1.165, 1.54) is 16.0 Å². The summed E-state index contributed by atoms with van der Waals surface area (Å²) in [5, 5.41) is 9.73. The molecule has 0 saturated heterocycles. The number of alkyl halides is 3. The lowest BCUT2D eigenvalue weighted by atomic mass is 10.4. The van der Waals surface area contributed by atoms with Gasteiger partial charge >= 0.3 is 6.18 Å². The van der Waals surface area contributed by atoms with Gasteiger partial charge in [-0.15, -0.1) is 21.5 Å². The van der Waals surface area contributed by atoms with Gasteiger partial charge in [-0.2, -0.15) is 13.2 Å². The zero-order valence-electron chi connectivity index (χ0n) is 10.7. The Hall–Kier alpha value is -2.14. The second-order valence-electron chi connectivity index (χ2n) is 3.98. The molecule has 0 aliphatic heterocycles. The molecule has 3 rings (SSSR count). The van der Waals surface area contributed by atoms with Crippen LogP contribution in [0.4, 0.5) is 13.2 Å². The molecule has 0 aliphatic rings. The lowest BCUT2D eigenvalue weighted by molar-refractivity contribution is -0.141. The zero-order valence-corrected chi connectivity index (χ0v) is 12.3. The van der Waals surface area contributed by atoms with Gasteiger partial charge < -0.3 is 5.84 Å². The highest BCUT2D eigenvalue weighted by atomic mass is 32.2. The molecule has 0 fully saturated rings. The molecule has 0 aliphatic carbocycles. The molecule has 0 unspecified atom stereocenters. The van der Waals surface area contributed by atoms with Crippen LogP contribution in [0.1, 0.15) is 5.69 Å². The lowest BCUT2D eigenvalue weighted by Crippen LogP contribution is -2.12. The molecular weight excluding hydrogens is 337 g/mol. The van der Waals surface area contributed by atoms with Crippen molar-refractivity contribution in [2.75, 3.05) is 5.84 Å². The summed E-state index contributed by atoms with van der Waals surface area (Å²) in [5.74, 6) is 6.29. The number of rotatable bonds is 3. The van der Waals surface area contributed by atoms with Crippen LogP contribution in [0.5, 0.6) is 0 Å². The van der Waals surface area contributed by atoms with Crippen molar-refractivity contribution in [2.45, 2.75) is 16.5 Å². The van der Waals surface area contributed by atoms with Gasteiger partial charge in [0.2, 0.25) is 5.16 Å². The summed E-state index contributed by atoms with van der Waals surface area (Å²) in [6.45, 7) is 0. The van der Waals surface area contributed by atoms with Crippen LogP contribution in [-0.4, -0.2) is 24.8 Å². The van der Waals surface area contributed by atoms with E-state index in [1.807, 2.05) is 17.5 Å². The number of hydrogen-bond donors (Lipinski definition) is 1. The first kappa shape index (κ1) is 14.8. The van der Waals surface area contributed by atoms with Crippen LogP contribution >= 0.6 is 23.1 Å². The van der Waals surface area contributed by atoms with Crippen molar-refractivity contribution < 1.29 is 13.2 Å². The first-order valence-corrected chi connectivity index (χ1v) is 7.47. The average molecular weight is 344 g/mol. The number of aromatic nitrogens is 5. The van der Waals surface area contributed by atoms with Crippen molar-refractivity contribution >= 4 is 23.1 Å². The Kier molecular flexibility index (Phi) is 3.74. The summed E-state index contributed by atoms with van der Waals surface area (Å²) in [5.41, 5.74) is -1.02. The topological polar surface area (TPSA) is 82.5 Å². The second kappa shape index (κ2) is 5.57. The molecular formula is C11H7F3N6S2. The fraction of sp³-hybridized carbons (Fsp3) is 0.0909. The van der Waals surface area contributed by atoms with Gasteiger partial charge in [-0.1, -0.05) is 6.07 Å². The van der Waals surface area contributed by atoms with Crippen LogP contribution < -0.4 is 5.84 Å². The van der Waals surface area contributed by atoms with Crippen molar-refractivity contribution in [1.82, 2.24) is 24.8 Å². The van der Waals surface area contributed by atoms with Gasteiger partial charge in [-0.25, -0.2) is 14.6 Å². The van der Waals surface area contributed by atoms with Gasteiger partial charge in [-0.05, 0) is 29.3 Å². The lowest BCUT2D eigenvalue weighted by Gasteiger charge is -2.06. The summed E-state index contributed by atoms with van der Waals surface area (Å²) in [6.07, 6.45) is -3.49. The van der Waals surface area contributed by atoms with E-state index in [-0.39, 0.29) is 10.3 Å². The highest BCUT2D eigenvalue weighted by Crippen LogP contribution is 2.31. The van der Waals surface area contributed by atoms with Crippen LogP contribution in [0.15, 0.2) is 40.1 Å². The second-order valence-corrected chi connectivity index (χ2v) is 5.86. The van der Waals surface area contributed by atoms with Crippen LogP contribution in [-0.2, 0) is 6.18 Å². The Bertz CT molecular complexity index is 783. The van der Waals surface area contributed by atoms with Gasteiger partial charge in [-0.3, -0.25) is 0 Å². The monoisotopic (exact) mass is 344 g/mol. The smallest absolute Gasteiger partial charge is 0.335 e. The third-order valence-corrected chi connectivity index (χ3v) is 4.22. The Morgan fingerprint density at radius 2 is 2.05 bits per heavy atom. The molecule has 114 valence electrons. The Labute approximate surface area is 130 Å². The van der Waals surface area contributed by atoms with Crippen LogP contribution in [0.2, 0.25) is 0 Å². The molecule has 3 aromatic rings. The van der Waals surface area contributed by atoms with Gasteiger partial charge in [0.15, 0.2) is 11.0 Å². The van der Waals surface area contributed by atoms with Crippen LogP contribution in [0, 0.1) is 0 Å². The molecule has 0 spiro atoms. The van der Waals surface area contributed by atoms with E-state index in [0.717, 1.165) is 28.9 Å². The predicted molar refractivity (Wildman–Crippen MR) is 74.6 cm³/mol. The molecule has 11 heteroatoms. The molecule has 3 heterocycles. The van der Waals surface area contributed by atoms with Gasteiger partial charge in [0.1, 0.15) is 5.69 Å². The summed E-state index contributed by atoms with van der Waals surface area (Å²) >= 11 is 2.23. The molecule has 0 aromatic carbocycles. The van der Waals surface area contributed by atoms with Crippen LogP contribution in [0.25, 0.3) is 10.7 Å². The third kappa shape index (κ3) is 2.90. The van der Waals surface area contributed by atoms with E-state index < -0.39 is 11.9 Å². The fourth-order valence-corrected chi connectivity index (χ4v) is 2.94. The highest BCUT2D eigenvalue weighted by Gasteiger charge is 2.33. The summed E-state index contributed by atoms with van der Waals surface area (Å²) in [4.78, 5) is 8.02. The summed E-state index contributed by atoms with van der Waals surface area (Å²) in [6, 6.07) is 4.44. The fourth-order valence-electron chi connectivity index (χ4n) is 1.55. The van der Waals surface area contributed by atoms with E-state index in [0.29, 0.717) is 5.82 Å². The van der Waals surface area contributed by atoms with Crippen molar-refractivity contribution in [3.63, 3.8) is 0 Å². The molecule has 0 bridgehead atoms. The first-order valence-electron chi connectivity index (χ1n) is 5.77. The summed E-state index contributed by atoms with van der Waals surface area (Å²) in [7, 11) is 0. The average Bonchev–Trinajstić information content (AvgIpc) is 3.09. The Morgan fingerprint density at radius 3 is 2.73 bits per heavy atom. The molecule has 0 amide bonds. The maximum Gasteiger partial charge on any atom is 0.433 e. The standard InChI is InChI=1S/C11H7F3N6S2/c12-11(13,14)7-3-4-16-9(17-7)22-10-19-18-8(20(10)15)6-2-1-5-21-6/h1-5H,15H2. The Balaban J connectivity index is 1.88. The normalized spacial score (nSPS) is 11.8. The molecule has 2 N–H and O–H groups in total. The van der Waals surface area contributed by atoms with Crippen molar-refractivity contribution in [3.8, 4) is 10.7 Å². The van der Waals surface area contributed by atoms with E-state index >= 15 is 0 Å². The molecule has 22 heavy (non-hydrogen) atoms. The zero-order chi connectivity index (χ0) is 15.7. The van der Waals surface area contributed by atoms with Crippen molar-refractivity contribution in [1.29, 1.82) is 0 Å². The number of hydrogen-bond acceptors (Lipinski definition) is 7. The molecule has 3 aromatic heterocycles. The van der Waals surface area contributed by atoms with Crippen molar-refractivity contribution in [2.24, 2.45) is 0 Å². The maximum atomic E-state index is 12.6. The van der Waals surface area contributed by atoms with E-state index in [9.17, 15) is 13.2 Å². The number of nitrogens with zero attached hydrogens (tertiary/aromatic N) is 5. The third-order valence-electron chi connectivity index (χ3n) is 2.51. The van der Waals surface area contributed by atoms with Gasteiger partial charge in [0.05, 0.1) is 4.88 Å². The van der Waals surface area contributed by atoms with Crippen molar-refractivity contribution in [3.05, 3.63) is 35.5 Å². The SMILES string of the molecule is Nn1c(Sc2nccc(C(F)(F)F)n2)nnc1-c1cccs1. The van der Waals surface area contributed by atoms with Gasteiger partial charge in [0, 0.05) is 6.20 Å². The minimum absolute atomic E-state index is 0.105. The Morgan fingerprint density at radius 1 is 1.23 bits per heavy atom. The molecule has 0 atom stereocenters. The maximum absolute atomic E-state index is 12.6. The largest absolute Gasteiger partial charge is 0.433 e. The minimum Gasteiger partial charge on any atom is -0.335 e. The number of thiophene rings is 1. The van der Waals surface area contributed by atoms with Gasteiger partial charge in [0.25, 0.3) is 0 Å². The number of nitrogen functional groups attached to an aromatic ring is 1. The number of halogens is 3. The predicted octanol–water partition coefficient (Wildman–Crippen LogP) is 2.68.